The van der Waals surface area contributed by atoms with E-state index in [-0.39, 0.29) is 12.5 Å². The maximum absolute atomic E-state index is 12.7. The SMILES string of the molecule is Cc1cc(C(=O)Nc2cnccc2CO)c(C)n1Cc1ccccc1. The Morgan fingerprint density at radius 1 is 1.20 bits per heavy atom. The van der Waals surface area contributed by atoms with Crippen molar-refractivity contribution < 1.29 is 9.90 Å². The average Bonchev–Trinajstić information content (AvgIpc) is 2.91. The van der Waals surface area contributed by atoms with Crippen LogP contribution in [0.2, 0.25) is 0 Å². The Morgan fingerprint density at radius 3 is 2.68 bits per heavy atom. The zero-order valence-corrected chi connectivity index (χ0v) is 14.4. The maximum Gasteiger partial charge on any atom is 0.257 e. The standard InChI is InChI=1S/C20H21N3O2/c1-14-10-18(15(2)23(14)12-16-6-4-3-5-7-16)20(25)22-19-11-21-9-8-17(19)13-24/h3-11,24H,12-13H2,1-2H3,(H,22,25). The third-order valence-corrected chi connectivity index (χ3v) is 4.33. The van der Waals surface area contributed by atoms with Gasteiger partial charge in [0.05, 0.1) is 24.1 Å². The number of rotatable bonds is 5. The number of pyridine rings is 1. The summed E-state index contributed by atoms with van der Waals surface area (Å²) in [6.45, 7) is 4.52. The number of aliphatic hydroxyl groups is 1. The molecule has 1 amide bonds. The summed E-state index contributed by atoms with van der Waals surface area (Å²) in [5.41, 5.74) is 4.92. The number of carbonyl (C=O) groups excluding carboxylic acids is 1. The van der Waals surface area contributed by atoms with Crippen molar-refractivity contribution in [3.8, 4) is 0 Å². The predicted octanol–water partition coefficient (Wildman–Crippen LogP) is 3.29. The fourth-order valence-corrected chi connectivity index (χ4v) is 2.90. The molecule has 25 heavy (non-hydrogen) atoms. The number of aryl methyl sites for hydroxylation is 1. The van der Waals surface area contributed by atoms with Crippen molar-refractivity contribution in [2.24, 2.45) is 0 Å². The van der Waals surface area contributed by atoms with Gasteiger partial charge in [-0.2, -0.15) is 0 Å². The minimum Gasteiger partial charge on any atom is -0.392 e. The van der Waals surface area contributed by atoms with Crippen LogP contribution >= 0.6 is 0 Å². The Labute approximate surface area is 147 Å². The molecule has 0 atom stereocenters. The number of hydrogen-bond donors (Lipinski definition) is 2. The van der Waals surface area contributed by atoms with Crippen LogP contribution in [0, 0.1) is 13.8 Å². The number of nitrogens with zero attached hydrogens (tertiary/aromatic N) is 2. The summed E-state index contributed by atoms with van der Waals surface area (Å²) in [6.07, 6.45) is 3.14. The van der Waals surface area contributed by atoms with Gasteiger partial charge in [0, 0.05) is 29.7 Å². The highest BCUT2D eigenvalue weighted by molar-refractivity contribution is 6.05. The molecular weight excluding hydrogens is 314 g/mol. The average molecular weight is 335 g/mol. The molecule has 0 spiro atoms. The molecule has 0 bridgehead atoms. The van der Waals surface area contributed by atoms with Crippen LogP contribution in [0.1, 0.15) is 32.9 Å². The van der Waals surface area contributed by atoms with Crippen LogP contribution < -0.4 is 5.32 Å². The number of anilines is 1. The molecule has 3 rings (SSSR count). The summed E-state index contributed by atoms with van der Waals surface area (Å²) in [6, 6.07) is 13.7. The van der Waals surface area contributed by atoms with E-state index in [4.69, 9.17) is 0 Å². The highest BCUT2D eigenvalue weighted by atomic mass is 16.3. The minimum absolute atomic E-state index is 0.148. The van der Waals surface area contributed by atoms with E-state index in [0.717, 1.165) is 17.9 Å². The second-order valence-electron chi connectivity index (χ2n) is 6.00. The quantitative estimate of drug-likeness (QED) is 0.752. The molecule has 2 heterocycles. The maximum atomic E-state index is 12.7. The van der Waals surface area contributed by atoms with Gasteiger partial charge >= 0.3 is 0 Å². The van der Waals surface area contributed by atoms with Crippen molar-refractivity contribution in [1.29, 1.82) is 0 Å². The third-order valence-electron chi connectivity index (χ3n) is 4.33. The Morgan fingerprint density at radius 2 is 1.96 bits per heavy atom. The Hall–Kier alpha value is -2.92. The summed E-state index contributed by atoms with van der Waals surface area (Å²) >= 11 is 0. The molecule has 5 heteroatoms. The second kappa shape index (κ2) is 7.32. The summed E-state index contributed by atoms with van der Waals surface area (Å²) < 4.78 is 2.13. The molecule has 2 N–H and O–H groups in total. The first-order valence-corrected chi connectivity index (χ1v) is 8.16. The summed E-state index contributed by atoms with van der Waals surface area (Å²) in [4.78, 5) is 16.7. The van der Waals surface area contributed by atoms with Crippen LogP contribution in [0.25, 0.3) is 0 Å². The van der Waals surface area contributed by atoms with Crippen molar-refractivity contribution in [2.75, 3.05) is 5.32 Å². The van der Waals surface area contributed by atoms with Gasteiger partial charge in [0.2, 0.25) is 0 Å². The Bertz CT molecular complexity index is 885. The summed E-state index contributed by atoms with van der Waals surface area (Å²) in [7, 11) is 0. The van der Waals surface area contributed by atoms with Gasteiger partial charge in [-0.25, -0.2) is 0 Å². The highest BCUT2D eigenvalue weighted by Crippen LogP contribution is 2.20. The van der Waals surface area contributed by atoms with Crippen LogP contribution in [0.4, 0.5) is 5.69 Å². The van der Waals surface area contributed by atoms with Gasteiger partial charge in [0.1, 0.15) is 0 Å². The first-order chi connectivity index (χ1) is 12.1. The smallest absolute Gasteiger partial charge is 0.257 e. The number of aromatic nitrogens is 2. The molecule has 0 aliphatic rings. The van der Waals surface area contributed by atoms with Crippen LogP contribution in [-0.4, -0.2) is 20.6 Å². The zero-order chi connectivity index (χ0) is 17.8. The molecule has 0 aliphatic carbocycles. The fraction of sp³-hybridized carbons (Fsp3) is 0.200. The van der Waals surface area contributed by atoms with Crippen LogP contribution in [0.5, 0.6) is 0 Å². The molecule has 0 unspecified atom stereocenters. The minimum atomic E-state index is -0.199. The van der Waals surface area contributed by atoms with Gasteiger partial charge in [-0.15, -0.1) is 0 Å². The predicted molar refractivity (Wildman–Crippen MR) is 97.6 cm³/mol. The lowest BCUT2D eigenvalue weighted by atomic mass is 10.2. The molecule has 0 radical (unpaired) electrons. The summed E-state index contributed by atoms with van der Waals surface area (Å²) in [5.74, 6) is -0.199. The number of amides is 1. The number of benzene rings is 1. The lowest BCUT2D eigenvalue weighted by Gasteiger charge is -2.11. The first-order valence-electron chi connectivity index (χ1n) is 8.16. The number of hydrogen-bond acceptors (Lipinski definition) is 3. The monoisotopic (exact) mass is 335 g/mol. The van der Waals surface area contributed by atoms with E-state index >= 15 is 0 Å². The first kappa shape index (κ1) is 16.9. The molecule has 3 aromatic rings. The van der Waals surface area contributed by atoms with Gasteiger partial charge in [-0.3, -0.25) is 9.78 Å². The molecular formula is C20H21N3O2. The van der Waals surface area contributed by atoms with E-state index in [0.29, 0.717) is 16.8 Å². The largest absolute Gasteiger partial charge is 0.392 e. The number of aliphatic hydroxyl groups excluding tert-OH is 1. The molecule has 2 aromatic heterocycles. The van der Waals surface area contributed by atoms with Crippen LogP contribution in [0.15, 0.2) is 54.9 Å². The zero-order valence-electron chi connectivity index (χ0n) is 14.4. The molecule has 128 valence electrons. The van der Waals surface area contributed by atoms with Crippen molar-refractivity contribution in [3.05, 3.63) is 82.9 Å². The fourth-order valence-electron chi connectivity index (χ4n) is 2.90. The lowest BCUT2D eigenvalue weighted by molar-refractivity contribution is 0.102. The van der Waals surface area contributed by atoms with Gasteiger partial charge in [-0.1, -0.05) is 30.3 Å². The van der Waals surface area contributed by atoms with Crippen molar-refractivity contribution in [1.82, 2.24) is 9.55 Å². The number of nitrogens with one attached hydrogen (secondary N) is 1. The third kappa shape index (κ3) is 3.61. The van der Waals surface area contributed by atoms with Crippen molar-refractivity contribution in [2.45, 2.75) is 27.0 Å². The van der Waals surface area contributed by atoms with Crippen molar-refractivity contribution in [3.63, 3.8) is 0 Å². The van der Waals surface area contributed by atoms with Gasteiger partial charge in [-0.05, 0) is 31.5 Å². The van der Waals surface area contributed by atoms with Crippen molar-refractivity contribution >= 4 is 11.6 Å². The molecule has 5 nitrogen and oxygen atoms in total. The Balaban J connectivity index is 1.85. The molecule has 0 fully saturated rings. The highest BCUT2D eigenvalue weighted by Gasteiger charge is 2.17. The topological polar surface area (TPSA) is 67.2 Å². The van der Waals surface area contributed by atoms with Gasteiger partial charge in [0.15, 0.2) is 0 Å². The van der Waals surface area contributed by atoms with E-state index in [9.17, 15) is 9.90 Å². The Kier molecular flexibility index (Phi) is 4.95. The van der Waals surface area contributed by atoms with Crippen LogP contribution in [0.3, 0.4) is 0 Å². The molecule has 0 aliphatic heterocycles. The van der Waals surface area contributed by atoms with Crippen LogP contribution in [-0.2, 0) is 13.2 Å². The van der Waals surface area contributed by atoms with E-state index in [1.165, 1.54) is 5.56 Å². The van der Waals surface area contributed by atoms with E-state index < -0.39 is 0 Å². The summed E-state index contributed by atoms with van der Waals surface area (Å²) in [5, 5.41) is 12.2. The van der Waals surface area contributed by atoms with E-state index in [2.05, 4.69) is 27.0 Å². The molecule has 1 aromatic carbocycles. The normalized spacial score (nSPS) is 10.7. The van der Waals surface area contributed by atoms with Gasteiger partial charge in [0.25, 0.3) is 5.91 Å². The molecule has 0 saturated heterocycles. The number of carbonyl (C=O) groups is 1. The van der Waals surface area contributed by atoms with E-state index in [1.807, 2.05) is 38.1 Å². The molecule has 0 saturated carbocycles. The van der Waals surface area contributed by atoms with E-state index in [1.54, 1.807) is 18.5 Å². The lowest BCUT2D eigenvalue weighted by Crippen LogP contribution is -2.15. The second-order valence-corrected chi connectivity index (χ2v) is 6.00. The van der Waals surface area contributed by atoms with Gasteiger partial charge < -0.3 is 15.0 Å².